The molecule has 88 valence electrons. The Morgan fingerprint density at radius 1 is 1.24 bits per heavy atom. The van der Waals surface area contributed by atoms with Crippen molar-refractivity contribution < 1.29 is 14.7 Å². The van der Waals surface area contributed by atoms with E-state index in [0.717, 1.165) is 5.57 Å². The first-order valence-electron chi connectivity index (χ1n) is 5.37. The Hall–Kier alpha value is -1.94. The van der Waals surface area contributed by atoms with Crippen LogP contribution in [0.2, 0.25) is 0 Å². The number of amides is 2. The van der Waals surface area contributed by atoms with E-state index in [1.54, 1.807) is 37.3 Å². The third kappa shape index (κ3) is 1.99. The molecule has 2 rings (SSSR count). The molecule has 1 aliphatic rings. The number of aliphatic hydroxyl groups excluding tert-OH is 1. The van der Waals surface area contributed by atoms with Crippen LogP contribution in [0.25, 0.3) is 0 Å². The van der Waals surface area contributed by atoms with E-state index in [-0.39, 0.29) is 25.0 Å². The molecular formula is C13H13NO3. The maximum Gasteiger partial charge on any atom is 0.261 e. The van der Waals surface area contributed by atoms with E-state index in [1.807, 2.05) is 0 Å². The fourth-order valence-electron chi connectivity index (χ4n) is 1.85. The van der Waals surface area contributed by atoms with Crippen molar-refractivity contribution in [2.24, 2.45) is 0 Å². The lowest BCUT2D eigenvalue weighted by molar-refractivity contribution is 0.0667. The Labute approximate surface area is 99.2 Å². The smallest absolute Gasteiger partial charge is 0.261 e. The summed E-state index contributed by atoms with van der Waals surface area (Å²) in [4.78, 5) is 25.1. The van der Waals surface area contributed by atoms with Crippen molar-refractivity contribution in [3.8, 4) is 0 Å². The molecule has 0 aliphatic carbocycles. The Morgan fingerprint density at radius 2 is 1.76 bits per heavy atom. The first kappa shape index (κ1) is 11.5. The topological polar surface area (TPSA) is 57.6 Å². The van der Waals surface area contributed by atoms with Crippen LogP contribution in [-0.2, 0) is 0 Å². The number of aliphatic hydroxyl groups is 1. The highest BCUT2D eigenvalue weighted by atomic mass is 16.2. The zero-order chi connectivity index (χ0) is 12.4. The predicted octanol–water partition coefficient (Wildman–Crippen LogP) is 1.22. The van der Waals surface area contributed by atoms with E-state index >= 15 is 0 Å². The van der Waals surface area contributed by atoms with Gasteiger partial charge in [-0.2, -0.15) is 0 Å². The Morgan fingerprint density at radius 3 is 2.24 bits per heavy atom. The highest BCUT2D eigenvalue weighted by Gasteiger charge is 2.34. The Kier molecular flexibility index (Phi) is 3.06. The number of carbonyl (C=O) groups is 2. The number of imide groups is 1. The van der Waals surface area contributed by atoms with Gasteiger partial charge in [0.1, 0.15) is 0 Å². The van der Waals surface area contributed by atoms with E-state index < -0.39 is 0 Å². The molecule has 0 atom stereocenters. The molecule has 0 saturated carbocycles. The van der Waals surface area contributed by atoms with Gasteiger partial charge in [0.05, 0.1) is 24.3 Å². The van der Waals surface area contributed by atoms with Crippen LogP contribution in [-0.4, -0.2) is 35.0 Å². The Bertz CT molecular complexity index is 470. The van der Waals surface area contributed by atoms with E-state index in [2.05, 4.69) is 0 Å². The molecule has 1 N–H and O–H groups in total. The average Bonchev–Trinajstić information content (AvgIpc) is 2.56. The molecule has 0 spiro atoms. The largest absolute Gasteiger partial charge is 0.392 e. The molecule has 0 unspecified atom stereocenters. The number of nitrogens with zero attached hydrogens (tertiary/aromatic N) is 1. The second-order valence-electron chi connectivity index (χ2n) is 3.98. The lowest BCUT2D eigenvalue weighted by Crippen LogP contribution is -2.31. The third-order valence-electron chi connectivity index (χ3n) is 2.73. The molecule has 4 heteroatoms. The summed E-state index contributed by atoms with van der Waals surface area (Å²) < 4.78 is 0. The fourth-order valence-corrected chi connectivity index (χ4v) is 1.85. The van der Waals surface area contributed by atoms with Crippen LogP contribution in [0.3, 0.4) is 0 Å². The van der Waals surface area contributed by atoms with Gasteiger partial charge in [-0.05, 0) is 19.1 Å². The van der Waals surface area contributed by atoms with Crippen LogP contribution in [0.1, 0.15) is 27.6 Å². The quantitative estimate of drug-likeness (QED) is 0.628. The van der Waals surface area contributed by atoms with E-state index in [0.29, 0.717) is 11.1 Å². The van der Waals surface area contributed by atoms with Gasteiger partial charge in [0, 0.05) is 0 Å². The SMILES string of the molecule is C/C(=C/CO)CN1C(=O)c2ccccc2C1=O. The normalized spacial score (nSPS) is 15.4. The minimum atomic E-state index is -0.267. The average molecular weight is 231 g/mol. The number of benzene rings is 1. The number of carbonyl (C=O) groups excluding carboxylic acids is 2. The number of fused-ring (bicyclic) bond motifs is 1. The van der Waals surface area contributed by atoms with Crippen molar-refractivity contribution in [3.63, 3.8) is 0 Å². The molecule has 0 radical (unpaired) electrons. The maximum atomic E-state index is 12.0. The standard InChI is InChI=1S/C13H13NO3/c1-9(6-7-15)8-14-12(16)10-4-2-3-5-11(10)13(14)17/h2-6,15H,7-8H2,1H3/b9-6-. The molecule has 0 fully saturated rings. The van der Waals surface area contributed by atoms with Gasteiger partial charge in [0.15, 0.2) is 0 Å². The van der Waals surface area contributed by atoms with Crippen LogP contribution < -0.4 is 0 Å². The third-order valence-corrected chi connectivity index (χ3v) is 2.73. The molecule has 2 amide bonds. The molecule has 0 bridgehead atoms. The van der Waals surface area contributed by atoms with Gasteiger partial charge < -0.3 is 5.11 Å². The molecule has 17 heavy (non-hydrogen) atoms. The molecule has 1 aliphatic heterocycles. The molecule has 4 nitrogen and oxygen atoms in total. The molecule has 0 aromatic heterocycles. The summed E-state index contributed by atoms with van der Waals surface area (Å²) in [6.45, 7) is 1.92. The molecule has 1 heterocycles. The highest BCUT2D eigenvalue weighted by molar-refractivity contribution is 6.21. The van der Waals surface area contributed by atoms with Crippen molar-refractivity contribution in [2.75, 3.05) is 13.2 Å². The number of rotatable bonds is 3. The molecular weight excluding hydrogens is 218 g/mol. The van der Waals surface area contributed by atoms with Gasteiger partial charge in [0.2, 0.25) is 0 Å². The summed E-state index contributed by atoms with van der Waals surface area (Å²) in [6.07, 6.45) is 1.59. The van der Waals surface area contributed by atoms with Crippen LogP contribution in [0.15, 0.2) is 35.9 Å². The summed E-state index contributed by atoms with van der Waals surface area (Å²) in [5.74, 6) is -0.535. The molecule has 1 aromatic rings. The minimum Gasteiger partial charge on any atom is -0.392 e. The summed E-state index contributed by atoms with van der Waals surface area (Å²) in [6, 6.07) is 6.79. The van der Waals surface area contributed by atoms with E-state index in [1.165, 1.54) is 4.90 Å². The van der Waals surface area contributed by atoms with E-state index in [4.69, 9.17) is 5.11 Å². The van der Waals surface area contributed by atoms with Crippen LogP contribution >= 0.6 is 0 Å². The first-order valence-corrected chi connectivity index (χ1v) is 5.37. The maximum absolute atomic E-state index is 12.0. The zero-order valence-corrected chi connectivity index (χ0v) is 9.51. The van der Waals surface area contributed by atoms with Gasteiger partial charge in [-0.1, -0.05) is 23.8 Å². The van der Waals surface area contributed by atoms with E-state index in [9.17, 15) is 9.59 Å². The van der Waals surface area contributed by atoms with Gasteiger partial charge in [-0.15, -0.1) is 0 Å². The summed E-state index contributed by atoms with van der Waals surface area (Å²) >= 11 is 0. The monoisotopic (exact) mass is 231 g/mol. The van der Waals surface area contributed by atoms with Crippen LogP contribution in [0.4, 0.5) is 0 Å². The van der Waals surface area contributed by atoms with Gasteiger partial charge in [0.25, 0.3) is 11.8 Å². The summed E-state index contributed by atoms with van der Waals surface area (Å²) in [5, 5.41) is 8.75. The van der Waals surface area contributed by atoms with Crippen molar-refractivity contribution in [1.29, 1.82) is 0 Å². The summed E-state index contributed by atoms with van der Waals surface area (Å²) in [5.41, 5.74) is 1.70. The second-order valence-corrected chi connectivity index (χ2v) is 3.98. The van der Waals surface area contributed by atoms with Gasteiger partial charge >= 0.3 is 0 Å². The molecule has 1 aromatic carbocycles. The van der Waals surface area contributed by atoms with Gasteiger partial charge in [-0.25, -0.2) is 0 Å². The Balaban J connectivity index is 2.28. The lowest BCUT2D eigenvalue weighted by Gasteiger charge is -2.13. The zero-order valence-electron chi connectivity index (χ0n) is 9.51. The van der Waals surface area contributed by atoms with Crippen molar-refractivity contribution in [1.82, 2.24) is 4.90 Å². The molecule has 0 saturated heterocycles. The van der Waals surface area contributed by atoms with Crippen molar-refractivity contribution in [2.45, 2.75) is 6.92 Å². The van der Waals surface area contributed by atoms with Gasteiger partial charge in [-0.3, -0.25) is 14.5 Å². The minimum absolute atomic E-state index is 0.0883. The predicted molar refractivity (Wildman–Crippen MR) is 62.7 cm³/mol. The lowest BCUT2D eigenvalue weighted by atomic mass is 10.1. The van der Waals surface area contributed by atoms with Crippen LogP contribution in [0.5, 0.6) is 0 Å². The highest BCUT2D eigenvalue weighted by Crippen LogP contribution is 2.22. The number of hydrogen-bond donors (Lipinski definition) is 1. The summed E-state index contributed by atoms with van der Waals surface area (Å²) in [7, 11) is 0. The van der Waals surface area contributed by atoms with Crippen molar-refractivity contribution >= 4 is 11.8 Å². The first-order chi connectivity index (χ1) is 8.15. The second kappa shape index (κ2) is 4.51. The number of hydrogen-bond acceptors (Lipinski definition) is 3. The van der Waals surface area contributed by atoms with Crippen molar-refractivity contribution in [3.05, 3.63) is 47.0 Å². The fraction of sp³-hybridized carbons (Fsp3) is 0.231. The van der Waals surface area contributed by atoms with Crippen LogP contribution in [0, 0.1) is 0 Å².